The van der Waals surface area contributed by atoms with Gasteiger partial charge in [-0.1, -0.05) is 25.1 Å². The molecule has 0 unspecified atom stereocenters. The Morgan fingerprint density at radius 1 is 1.25 bits per heavy atom. The molecule has 1 amide bonds. The number of aliphatic hydroxyl groups is 2. The van der Waals surface area contributed by atoms with Gasteiger partial charge in [-0.05, 0) is 30.9 Å². The van der Waals surface area contributed by atoms with Gasteiger partial charge in [0.25, 0.3) is 5.91 Å². The van der Waals surface area contributed by atoms with Crippen LogP contribution in [0.2, 0.25) is 0 Å². The highest BCUT2D eigenvalue weighted by Gasteiger charge is 2.70. The topological polar surface area (TPSA) is 113 Å². The Labute approximate surface area is 161 Å². The van der Waals surface area contributed by atoms with Crippen molar-refractivity contribution in [3.8, 4) is 0 Å². The van der Waals surface area contributed by atoms with Crippen LogP contribution in [0.5, 0.6) is 0 Å². The standard InChI is InChI=1S/C20H21N5O3/c1-2-20-8-12(20)14(15(26)16(20)27)25-10-23-13-17(21-9-22-18(13)25)24-19(28)11-6-4-3-5-7-11/h3-7,9-10,12,14-16,26-27H,2,8H2,1H3,(H,21,22,24,28)/t12-,14-,15+,16+,20+/m1/s1. The molecule has 0 radical (unpaired) electrons. The van der Waals surface area contributed by atoms with E-state index in [0.29, 0.717) is 22.5 Å². The Hall–Kier alpha value is -2.84. The van der Waals surface area contributed by atoms with E-state index in [0.717, 1.165) is 12.8 Å². The van der Waals surface area contributed by atoms with E-state index in [-0.39, 0.29) is 23.3 Å². The van der Waals surface area contributed by atoms with Gasteiger partial charge in [-0.15, -0.1) is 0 Å². The van der Waals surface area contributed by atoms with Gasteiger partial charge < -0.3 is 20.1 Å². The highest BCUT2D eigenvalue weighted by atomic mass is 16.3. The molecule has 2 aliphatic rings. The summed E-state index contributed by atoms with van der Waals surface area (Å²) < 4.78 is 1.82. The summed E-state index contributed by atoms with van der Waals surface area (Å²) in [7, 11) is 0. The average Bonchev–Trinajstić information content (AvgIpc) is 3.23. The van der Waals surface area contributed by atoms with Crippen LogP contribution in [0.25, 0.3) is 11.2 Å². The first-order chi connectivity index (χ1) is 13.6. The van der Waals surface area contributed by atoms with Crippen LogP contribution in [-0.4, -0.2) is 47.8 Å². The Bertz CT molecular complexity index is 1050. The molecule has 2 fully saturated rings. The molecule has 8 nitrogen and oxygen atoms in total. The summed E-state index contributed by atoms with van der Waals surface area (Å²) in [4.78, 5) is 25.4. The zero-order valence-electron chi connectivity index (χ0n) is 15.4. The molecule has 2 aromatic heterocycles. The molecule has 1 aromatic carbocycles. The summed E-state index contributed by atoms with van der Waals surface area (Å²) in [5.74, 6) is 0.235. The van der Waals surface area contributed by atoms with Crippen molar-refractivity contribution in [1.29, 1.82) is 0 Å². The lowest BCUT2D eigenvalue weighted by molar-refractivity contribution is -0.0183. The normalized spacial score (nSPS) is 31.0. The molecule has 144 valence electrons. The highest BCUT2D eigenvalue weighted by Crippen LogP contribution is 2.69. The number of aromatic nitrogens is 4. The summed E-state index contributed by atoms with van der Waals surface area (Å²) >= 11 is 0. The molecule has 0 saturated heterocycles. The second-order valence-corrected chi connectivity index (χ2v) is 7.69. The van der Waals surface area contributed by atoms with E-state index in [1.807, 2.05) is 17.6 Å². The van der Waals surface area contributed by atoms with E-state index >= 15 is 0 Å². The van der Waals surface area contributed by atoms with Gasteiger partial charge >= 0.3 is 0 Å². The third-order valence-corrected chi connectivity index (χ3v) is 6.46. The summed E-state index contributed by atoms with van der Waals surface area (Å²) in [6, 6.07) is 8.59. The lowest BCUT2D eigenvalue weighted by Crippen LogP contribution is -2.34. The highest BCUT2D eigenvalue weighted by molar-refractivity contribution is 6.06. The molecule has 3 N–H and O–H groups in total. The fourth-order valence-electron chi connectivity index (χ4n) is 4.82. The Morgan fingerprint density at radius 2 is 2.04 bits per heavy atom. The average molecular weight is 379 g/mol. The van der Waals surface area contributed by atoms with Gasteiger partial charge in [0, 0.05) is 11.0 Å². The number of fused-ring (bicyclic) bond motifs is 2. The van der Waals surface area contributed by atoms with Crippen molar-refractivity contribution in [2.45, 2.75) is 38.0 Å². The molecule has 5 atom stereocenters. The second kappa shape index (κ2) is 6.08. The second-order valence-electron chi connectivity index (χ2n) is 7.69. The summed E-state index contributed by atoms with van der Waals surface area (Å²) in [6.45, 7) is 2.05. The maximum absolute atomic E-state index is 12.5. The molecule has 2 aliphatic carbocycles. The number of carbonyl (C=O) groups is 1. The van der Waals surface area contributed by atoms with Crippen LogP contribution < -0.4 is 5.32 Å². The maximum Gasteiger partial charge on any atom is 0.256 e. The number of amides is 1. The van der Waals surface area contributed by atoms with E-state index in [2.05, 4.69) is 20.3 Å². The summed E-state index contributed by atoms with van der Waals surface area (Å²) in [5.41, 5.74) is 1.31. The third kappa shape index (κ3) is 2.31. The zero-order chi connectivity index (χ0) is 19.5. The number of anilines is 1. The quantitative estimate of drug-likeness (QED) is 0.637. The van der Waals surface area contributed by atoms with Crippen LogP contribution in [0, 0.1) is 11.3 Å². The number of rotatable bonds is 4. The molecule has 8 heteroatoms. The molecule has 28 heavy (non-hydrogen) atoms. The Morgan fingerprint density at radius 3 is 2.75 bits per heavy atom. The van der Waals surface area contributed by atoms with Gasteiger partial charge in [0.2, 0.25) is 0 Å². The van der Waals surface area contributed by atoms with E-state index in [4.69, 9.17) is 0 Å². The molecule has 5 rings (SSSR count). The van der Waals surface area contributed by atoms with Crippen molar-refractivity contribution < 1.29 is 15.0 Å². The molecule has 3 aromatic rings. The molecule has 0 spiro atoms. The predicted octanol–water partition coefficient (Wildman–Crippen LogP) is 1.77. The molecular formula is C20H21N5O3. The zero-order valence-corrected chi connectivity index (χ0v) is 15.4. The van der Waals surface area contributed by atoms with E-state index in [1.54, 1.807) is 30.6 Å². The Balaban J connectivity index is 1.49. The first-order valence-electron chi connectivity index (χ1n) is 9.47. The lowest BCUT2D eigenvalue weighted by Gasteiger charge is -2.23. The van der Waals surface area contributed by atoms with Crippen molar-refractivity contribution >= 4 is 22.9 Å². The largest absolute Gasteiger partial charge is 0.390 e. The van der Waals surface area contributed by atoms with Crippen molar-refractivity contribution in [3.05, 3.63) is 48.5 Å². The van der Waals surface area contributed by atoms with Crippen LogP contribution in [0.15, 0.2) is 43.0 Å². The smallest absolute Gasteiger partial charge is 0.256 e. The van der Waals surface area contributed by atoms with Gasteiger partial charge in [0.05, 0.1) is 18.5 Å². The monoisotopic (exact) mass is 379 g/mol. The molecule has 2 heterocycles. The van der Waals surface area contributed by atoms with Crippen LogP contribution >= 0.6 is 0 Å². The fraction of sp³-hybridized carbons (Fsp3) is 0.400. The van der Waals surface area contributed by atoms with E-state index in [1.165, 1.54) is 6.33 Å². The number of imidazole rings is 1. The van der Waals surface area contributed by atoms with Gasteiger partial charge in [-0.2, -0.15) is 0 Å². The minimum Gasteiger partial charge on any atom is -0.390 e. The van der Waals surface area contributed by atoms with Crippen LogP contribution in [0.4, 0.5) is 5.82 Å². The first-order valence-corrected chi connectivity index (χ1v) is 9.47. The van der Waals surface area contributed by atoms with E-state index < -0.39 is 12.2 Å². The molecular weight excluding hydrogens is 358 g/mol. The third-order valence-electron chi connectivity index (χ3n) is 6.46. The number of hydrogen-bond acceptors (Lipinski definition) is 6. The van der Waals surface area contributed by atoms with Crippen LogP contribution in [0.1, 0.15) is 36.2 Å². The number of nitrogens with one attached hydrogen (secondary N) is 1. The maximum atomic E-state index is 12.5. The van der Waals surface area contributed by atoms with Crippen molar-refractivity contribution in [2.75, 3.05) is 5.32 Å². The summed E-state index contributed by atoms with van der Waals surface area (Å²) in [5, 5.41) is 24.0. The van der Waals surface area contributed by atoms with Crippen LogP contribution in [-0.2, 0) is 0 Å². The van der Waals surface area contributed by atoms with Crippen molar-refractivity contribution in [3.63, 3.8) is 0 Å². The fourth-order valence-corrected chi connectivity index (χ4v) is 4.82. The number of nitrogens with zero attached hydrogens (tertiary/aromatic N) is 4. The lowest BCUT2D eigenvalue weighted by atomic mass is 9.96. The van der Waals surface area contributed by atoms with Gasteiger partial charge in [-0.25, -0.2) is 15.0 Å². The molecule has 2 saturated carbocycles. The number of aliphatic hydroxyl groups excluding tert-OH is 2. The van der Waals surface area contributed by atoms with Crippen molar-refractivity contribution in [1.82, 2.24) is 19.5 Å². The van der Waals surface area contributed by atoms with Crippen LogP contribution in [0.3, 0.4) is 0 Å². The minimum absolute atomic E-state index is 0.192. The van der Waals surface area contributed by atoms with E-state index in [9.17, 15) is 15.0 Å². The summed E-state index contributed by atoms with van der Waals surface area (Å²) in [6.07, 6.45) is 3.08. The van der Waals surface area contributed by atoms with Gasteiger partial charge in [0.15, 0.2) is 17.0 Å². The molecule has 0 aliphatic heterocycles. The van der Waals surface area contributed by atoms with Gasteiger partial charge in [0.1, 0.15) is 12.4 Å². The number of benzene rings is 1. The Kier molecular flexibility index (Phi) is 3.75. The van der Waals surface area contributed by atoms with Crippen molar-refractivity contribution in [2.24, 2.45) is 11.3 Å². The SMILES string of the molecule is CC[C@]12C[C@@H]1[C@@H](n1cnc3c(NC(=O)c4ccccc4)ncnc31)[C@H](O)[C@@H]2O. The number of carbonyl (C=O) groups excluding carboxylic acids is 1. The first kappa shape index (κ1) is 17.3. The molecule has 0 bridgehead atoms. The predicted molar refractivity (Wildman–Crippen MR) is 102 cm³/mol. The number of hydrogen-bond donors (Lipinski definition) is 3. The van der Waals surface area contributed by atoms with Gasteiger partial charge in [-0.3, -0.25) is 4.79 Å². The minimum atomic E-state index is -0.867.